The number of aliphatic hydroxyl groups excluding tert-OH is 5. The number of amides is 1. The lowest BCUT2D eigenvalue weighted by Gasteiger charge is -2.40. The van der Waals surface area contributed by atoms with Crippen LogP contribution in [0.1, 0.15) is 123 Å². The number of aliphatic hydroxyl groups is 5. The fourth-order valence-electron chi connectivity index (χ4n) is 5.51. The van der Waals surface area contributed by atoms with Gasteiger partial charge in [-0.1, -0.05) is 131 Å². The van der Waals surface area contributed by atoms with Crippen LogP contribution in [-0.2, 0) is 14.3 Å². The van der Waals surface area contributed by atoms with Gasteiger partial charge < -0.3 is 40.3 Å². The molecule has 1 rings (SSSR count). The van der Waals surface area contributed by atoms with Gasteiger partial charge in [-0.3, -0.25) is 4.79 Å². The summed E-state index contributed by atoms with van der Waals surface area (Å²) in [5, 5.41) is 53.6. The van der Waals surface area contributed by atoms with Gasteiger partial charge in [-0.15, -0.1) is 0 Å². The maximum absolute atomic E-state index is 12.8. The highest BCUT2D eigenvalue weighted by Gasteiger charge is 2.44. The summed E-state index contributed by atoms with van der Waals surface area (Å²) in [6.45, 7) is 3.52. The number of rotatable bonds is 30. The lowest BCUT2D eigenvalue weighted by molar-refractivity contribution is -0.302. The SMILES string of the molecule is CC/C=C\C/C=C\C/C=C\C/C=C\C/C=C\C/C=C\CCCCCCC(=O)NC(COC1OC(CO)C(O)C(O)C1O)C(O)/C=C/CCCCCC. The molecule has 9 heteroatoms. The van der Waals surface area contributed by atoms with Crippen LogP contribution < -0.4 is 5.32 Å². The summed E-state index contributed by atoms with van der Waals surface area (Å²) in [5.74, 6) is -0.213. The Morgan fingerprint density at radius 3 is 1.75 bits per heavy atom. The van der Waals surface area contributed by atoms with Crippen molar-refractivity contribution in [3.63, 3.8) is 0 Å². The molecule has 1 aliphatic rings. The van der Waals surface area contributed by atoms with E-state index in [9.17, 15) is 30.3 Å². The minimum absolute atomic E-state index is 0.207. The summed E-state index contributed by atoms with van der Waals surface area (Å²) in [6, 6.07) is -0.820. The van der Waals surface area contributed by atoms with E-state index >= 15 is 0 Å². The van der Waals surface area contributed by atoms with E-state index in [-0.39, 0.29) is 12.5 Å². The van der Waals surface area contributed by atoms with Crippen molar-refractivity contribution in [1.29, 1.82) is 0 Å². The third-order valence-electron chi connectivity index (χ3n) is 8.73. The number of nitrogens with one attached hydrogen (secondary N) is 1. The summed E-state index contributed by atoms with van der Waals surface area (Å²) >= 11 is 0. The van der Waals surface area contributed by atoms with Crippen LogP contribution in [0.25, 0.3) is 0 Å². The van der Waals surface area contributed by atoms with Crippen molar-refractivity contribution in [1.82, 2.24) is 5.32 Å². The van der Waals surface area contributed by atoms with Crippen LogP contribution in [0.3, 0.4) is 0 Å². The summed E-state index contributed by atoms with van der Waals surface area (Å²) in [5.41, 5.74) is 0. The number of allylic oxidation sites excluding steroid dienone is 13. The zero-order valence-corrected chi connectivity index (χ0v) is 32.0. The second-order valence-corrected chi connectivity index (χ2v) is 13.3. The van der Waals surface area contributed by atoms with E-state index in [1.807, 2.05) is 6.08 Å². The molecule has 7 unspecified atom stereocenters. The fourth-order valence-corrected chi connectivity index (χ4v) is 5.51. The molecule has 1 heterocycles. The van der Waals surface area contributed by atoms with Gasteiger partial charge in [-0.2, -0.15) is 0 Å². The van der Waals surface area contributed by atoms with Gasteiger partial charge in [-0.05, 0) is 70.6 Å². The zero-order chi connectivity index (χ0) is 38.1. The number of carbonyl (C=O) groups is 1. The van der Waals surface area contributed by atoms with Gasteiger partial charge in [-0.25, -0.2) is 0 Å². The second kappa shape index (κ2) is 33.0. The van der Waals surface area contributed by atoms with E-state index in [0.29, 0.717) is 6.42 Å². The van der Waals surface area contributed by atoms with E-state index < -0.39 is 49.5 Å². The Morgan fingerprint density at radius 2 is 1.19 bits per heavy atom. The molecule has 0 aromatic heterocycles. The Bertz CT molecular complexity index is 1080. The van der Waals surface area contributed by atoms with Crippen LogP contribution >= 0.6 is 0 Å². The largest absolute Gasteiger partial charge is 0.394 e. The van der Waals surface area contributed by atoms with Gasteiger partial charge >= 0.3 is 0 Å². The van der Waals surface area contributed by atoms with Crippen LogP contribution in [0.2, 0.25) is 0 Å². The maximum Gasteiger partial charge on any atom is 0.220 e. The number of hydrogen-bond donors (Lipinski definition) is 6. The average Bonchev–Trinajstić information content (AvgIpc) is 3.14. The van der Waals surface area contributed by atoms with Gasteiger partial charge in [0.15, 0.2) is 6.29 Å². The maximum atomic E-state index is 12.8. The molecule has 0 aromatic carbocycles. The van der Waals surface area contributed by atoms with E-state index in [0.717, 1.165) is 103 Å². The highest BCUT2D eigenvalue weighted by atomic mass is 16.7. The van der Waals surface area contributed by atoms with Crippen LogP contribution in [0.4, 0.5) is 0 Å². The predicted molar refractivity (Wildman–Crippen MR) is 211 cm³/mol. The number of hydrogen-bond acceptors (Lipinski definition) is 8. The molecule has 1 fully saturated rings. The summed E-state index contributed by atoms with van der Waals surface area (Å²) in [4.78, 5) is 12.8. The van der Waals surface area contributed by atoms with Gasteiger partial charge in [0.25, 0.3) is 0 Å². The van der Waals surface area contributed by atoms with Crippen LogP contribution in [0.5, 0.6) is 0 Å². The summed E-state index contributed by atoms with van der Waals surface area (Å²) < 4.78 is 11.1. The first-order valence-electron chi connectivity index (χ1n) is 19.8. The molecule has 296 valence electrons. The van der Waals surface area contributed by atoms with Crippen molar-refractivity contribution in [2.24, 2.45) is 0 Å². The van der Waals surface area contributed by atoms with Gasteiger partial charge in [0.2, 0.25) is 5.91 Å². The quantitative estimate of drug-likeness (QED) is 0.0336. The number of carbonyl (C=O) groups excluding carboxylic acids is 1. The van der Waals surface area contributed by atoms with Crippen molar-refractivity contribution in [3.8, 4) is 0 Å². The normalized spacial score (nSPS) is 22.8. The Kier molecular flexibility index (Phi) is 30.1. The van der Waals surface area contributed by atoms with E-state index in [1.165, 1.54) is 0 Å². The third-order valence-corrected chi connectivity index (χ3v) is 8.73. The molecule has 52 heavy (non-hydrogen) atoms. The zero-order valence-electron chi connectivity index (χ0n) is 32.0. The second-order valence-electron chi connectivity index (χ2n) is 13.3. The van der Waals surface area contributed by atoms with E-state index in [4.69, 9.17) is 9.47 Å². The molecule has 1 amide bonds. The molecule has 0 saturated carbocycles. The average molecular weight is 730 g/mol. The van der Waals surface area contributed by atoms with Crippen molar-refractivity contribution < 1.29 is 39.8 Å². The first-order chi connectivity index (χ1) is 25.3. The molecule has 6 N–H and O–H groups in total. The molecule has 1 saturated heterocycles. The molecule has 0 bridgehead atoms. The summed E-state index contributed by atoms with van der Waals surface area (Å²) in [7, 11) is 0. The molecular formula is C43H71NO8. The van der Waals surface area contributed by atoms with Crippen LogP contribution in [0.15, 0.2) is 85.1 Å². The predicted octanol–water partition coefficient (Wildman–Crippen LogP) is 7.21. The fraction of sp³-hybridized carbons (Fsp3) is 0.651. The molecular weight excluding hydrogens is 658 g/mol. The van der Waals surface area contributed by atoms with Gasteiger partial charge in [0.1, 0.15) is 24.4 Å². The Morgan fingerprint density at radius 1 is 0.673 bits per heavy atom. The van der Waals surface area contributed by atoms with E-state index in [2.05, 4.69) is 92.1 Å². The lowest BCUT2D eigenvalue weighted by Crippen LogP contribution is -2.60. The number of unbranched alkanes of at least 4 members (excludes halogenated alkanes) is 8. The van der Waals surface area contributed by atoms with Crippen LogP contribution in [0, 0.1) is 0 Å². The van der Waals surface area contributed by atoms with E-state index in [1.54, 1.807) is 6.08 Å². The van der Waals surface area contributed by atoms with Crippen molar-refractivity contribution >= 4 is 5.91 Å². The highest BCUT2D eigenvalue weighted by Crippen LogP contribution is 2.22. The molecule has 9 nitrogen and oxygen atoms in total. The molecule has 7 atom stereocenters. The third kappa shape index (κ3) is 23.8. The van der Waals surface area contributed by atoms with Crippen molar-refractivity contribution in [2.45, 2.75) is 166 Å². The molecule has 0 aliphatic carbocycles. The molecule has 0 radical (unpaired) electrons. The molecule has 1 aliphatic heterocycles. The Balaban J connectivity index is 2.32. The van der Waals surface area contributed by atoms with Crippen molar-refractivity contribution in [2.75, 3.05) is 13.2 Å². The number of ether oxygens (including phenoxy) is 2. The Labute approximate surface area is 314 Å². The minimum Gasteiger partial charge on any atom is -0.394 e. The smallest absolute Gasteiger partial charge is 0.220 e. The Hall–Kier alpha value is -2.63. The highest BCUT2D eigenvalue weighted by molar-refractivity contribution is 5.76. The molecule has 0 spiro atoms. The lowest BCUT2D eigenvalue weighted by atomic mass is 9.99. The first kappa shape index (κ1) is 47.4. The standard InChI is InChI=1S/C43H71NO8/c1-3-5-7-9-11-12-13-14-15-16-17-18-19-20-21-22-23-24-25-26-27-29-31-33-39(47)44-36(37(46)32-30-28-10-8-6-4-2)35-51-43-42(50)41(49)40(48)38(34-45)52-43/h5,7,11-12,14-15,17-18,20-21,23-24,30,32,36-38,40-43,45-46,48-50H,3-4,6,8-10,13,16,19,22,25-29,31,33-35H2,1-2H3,(H,44,47)/b7-5-,12-11-,15-14-,18-17-,21-20-,24-23-,32-30+. The van der Waals surface area contributed by atoms with Gasteiger partial charge in [0.05, 0.1) is 25.4 Å². The minimum atomic E-state index is -1.57. The van der Waals surface area contributed by atoms with Crippen LogP contribution in [-0.4, -0.2) is 87.5 Å². The van der Waals surface area contributed by atoms with Gasteiger partial charge in [0, 0.05) is 6.42 Å². The monoisotopic (exact) mass is 730 g/mol. The first-order valence-corrected chi connectivity index (χ1v) is 19.8. The summed E-state index contributed by atoms with van der Waals surface area (Å²) in [6.07, 6.45) is 38.0. The molecule has 0 aromatic rings. The van der Waals surface area contributed by atoms with Crippen molar-refractivity contribution in [3.05, 3.63) is 85.1 Å². The topological polar surface area (TPSA) is 149 Å².